The van der Waals surface area contributed by atoms with Crippen LogP contribution >= 0.6 is 24.0 Å². The molecule has 10 heteroatoms. The van der Waals surface area contributed by atoms with Crippen molar-refractivity contribution >= 4 is 57.7 Å². The molecule has 2 aliphatic heterocycles. The first-order valence-electron chi connectivity index (χ1n) is 13.1. The Labute approximate surface area is 236 Å². The van der Waals surface area contributed by atoms with Gasteiger partial charge in [0, 0.05) is 32.3 Å². The van der Waals surface area contributed by atoms with E-state index in [-0.39, 0.29) is 24.4 Å². The molecule has 0 bridgehead atoms. The zero-order chi connectivity index (χ0) is 27.5. The number of nitrogens with zero attached hydrogens (tertiary/aromatic N) is 4. The third kappa shape index (κ3) is 5.91. The van der Waals surface area contributed by atoms with Gasteiger partial charge in [-0.05, 0) is 61.8 Å². The Hall–Kier alpha value is -3.50. The van der Waals surface area contributed by atoms with E-state index < -0.39 is 5.97 Å². The van der Waals surface area contributed by atoms with E-state index in [4.69, 9.17) is 22.3 Å². The number of pyridine rings is 1. The summed E-state index contributed by atoms with van der Waals surface area (Å²) in [4.78, 5) is 46.8. The van der Waals surface area contributed by atoms with E-state index in [0.717, 1.165) is 49.7 Å². The number of carboxylic acids is 1. The Morgan fingerprint density at radius 2 is 1.90 bits per heavy atom. The summed E-state index contributed by atoms with van der Waals surface area (Å²) in [5.41, 5.74) is 2.96. The molecule has 5 rings (SSSR count). The Kier molecular flexibility index (Phi) is 8.13. The summed E-state index contributed by atoms with van der Waals surface area (Å²) in [5.74, 6) is -0.0867. The van der Waals surface area contributed by atoms with Gasteiger partial charge in [-0.1, -0.05) is 60.4 Å². The maximum atomic E-state index is 13.8. The van der Waals surface area contributed by atoms with Crippen LogP contribution in [0.15, 0.2) is 58.4 Å². The number of piperidine rings is 1. The Bertz CT molecular complexity index is 1510. The standard InChI is InChI=1S/C29H30N4O4S2/c1-19-7-5-13-32-25(19)30-26(31-15-11-21(12-16-31)17-20-8-3-2-4-9-20)22(27(32)36)18-23-28(37)33(29(38)39-23)14-6-10-24(34)35/h2-5,7-9,13,18,21H,6,10-12,14-17H2,1H3,(H,34,35). The number of fused-ring (bicyclic) bond motifs is 1. The molecule has 0 aliphatic carbocycles. The number of carbonyl (C=O) groups excluding carboxylic acids is 1. The number of hydrogen-bond donors (Lipinski definition) is 1. The summed E-state index contributed by atoms with van der Waals surface area (Å²) in [6, 6.07) is 14.2. The van der Waals surface area contributed by atoms with Crippen LogP contribution in [0.3, 0.4) is 0 Å². The second kappa shape index (κ2) is 11.7. The summed E-state index contributed by atoms with van der Waals surface area (Å²) < 4.78 is 1.89. The van der Waals surface area contributed by atoms with Gasteiger partial charge in [-0.3, -0.25) is 23.7 Å². The van der Waals surface area contributed by atoms with Crippen molar-refractivity contribution in [3.8, 4) is 0 Å². The minimum absolute atomic E-state index is 0.0459. The molecule has 1 N–H and O–H groups in total. The third-order valence-corrected chi connectivity index (χ3v) is 8.64. The topological polar surface area (TPSA) is 95.2 Å². The van der Waals surface area contributed by atoms with Gasteiger partial charge < -0.3 is 10.0 Å². The molecular weight excluding hydrogens is 532 g/mol. The molecule has 3 aromatic rings. The highest BCUT2D eigenvalue weighted by Crippen LogP contribution is 2.34. The van der Waals surface area contributed by atoms with E-state index in [1.807, 2.05) is 25.1 Å². The summed E-state index contributed by atoms with van der Waals surface area (Å²) in [5, 5.41) is 8.95. The van der Waals surface area contributed by atoms with E-state index in [9.17, 15) is 14.4 Å². The first kappa shape index (κ1) is 27.1. The summed E-state index contributed by atoms with van der Waals surface area (Å²) in [7, 11) is 0. The number of hydrogen-bond acceptors (Lipinski definition) is 7. The van der Waals surface area contributed by atoms with E-state index in [2.05, 4.69) is 29.2 Å². The normalized spacial score (nSPS) is 17.5. The van der Waals surface area contributed by atoms with Crippen LogP contribution in [-0.4, -0.2) is 55.2 Å². The van der Waals surface area contributed by atoms with Crippen molar-refractivity contribution in [3.63, 3.8) is 0 Å². The van der Waals surface area contributed by atoms with Gasteiger partial charge in [-0.15, -0.1) is 0 Å². The predicted molar refractivity (Wildman–Crippen MR) is 158 cm³/mol. The Balaban J connectivity index is 1.45. The predicted octanol–water partition coefficient (Wildman–Crippen LogP) is 4.53. The maximum Gasteiger partial charge on any atom is 0.303 e. The number of benzene rings is 1. The first-order valence-corrected chi connectivity index (χ1v) is 14.3. The maximum absolute atomic E-state index is 13.8. The highest BCUT2D eigenvalue weighted by Gasteiger charge is 2.33. The van der Waals surface area contributed by atoms with Crippen LogP contribution in [0.4, 0.5) is 5.82 Å². The number of thioether (sulfide) groups is 1. The molecule has 2 aromatic heterocycles. The molecule has 1 aromatic carbocycles. The summed E-state index contributed by atoms with van der Waals surface area (Å²) >= 11 is 6.55. The van der Waals surface area contributed by atoms with Crippen molar-refractivity contribution in [3.05, 3.63) is 80.6 Å². The fourth-order valence-corrected chi connectivity index (χ4v) is 6.47. The SMILES string of the molecule is Cc1cccn2c(=O)c(C=C3SC(=S)N(CCCC(=O)O)C3=O)c(N3CCC(Cc4ccccc4)CC3)nc12. The number of carbonyl (C=O) groups is 2. The van der Waals surface area contributed by atoms with Crippen LogP contribution in [0, 0.1) is 12.8 Å². The molecule has 0 spiro atoms. The average Bonchev–Trinajstić information content (AvgIpc) is 3.19. The molecule has 2 saturated heterocycles. The molecule has 1 amide bonds. The number of thiocarbonyl (C=S) groups is 1. The number of rotatable bonds is 8. The summed E-state index contributed by atoms with van der Waals surface area (Å²) in [6.45, 7) is 3.69. The number of amides is 1. The lowest BCUT2D eigenvalue weighted by atomic mass is 9.90. The van der Waals surface area contributed by atoms with Gasteiger partial charge in [-0.2, -0.15) is 0 Å². The van der Waals surface area contributed by atoms with Crippen LogP contribution in [0.5, 0.6) is 0 Å². The van der Waals surface area contributed by atoms with Crippen LogP contribution < -0.4 is 10.5 Å². The molecule has 202 valence electrons. The molecule has 0 radical (unpaired) electrons. The largest absolute Gasteiger partial charge is 0.481 e. The lowest BCUT2D eigenvalue weighted by Crippen LogP contribution is -2.37. The highest BCUT2D eigenvalue weighted by molar-refractivity contribution is 8.26. The van der Waals surface area contributed by atoms with Gasteiger partial charge >= 0.3 is 5.97 Å². The van der Waals surface area contributed by atoms with Gasteiger partial charge in [0.2, 0.25) is 0 Å². The quantitative estimate of drug-likeness (QED) is 0.316. The van der Waals surface area contributed by atoms with E-state index >= 15 is 0 Å². The molecular formula is C29H30N4O4S2. The van der Waals surface area contributed by atoms with Crippen LogP contribution in [0.2, 0.25) is 0 Å². The van der Waals surface area contributed by atoms with Gasteiger partial charge in [0.05, 0.1) is 10.5 Å². The van der Waals surface area contributed by atoms with Crippen molar-refractivity contribution in [2.24, 2.45) is 5.92 Å². The second-order valence-electron chi connectivity index (χ2n) is 9.99. The number of anilines is 1. The van der Waals surface area contributed by atoms with Crippen LogP contribution in [0.1, 0.15) is 42.4 Å². The Morgan fingerprint density at radius 1 is 1.15 bits per heavy atom. The molecule has 2 aliphatic rings. The van der Waals surface area contributed by atoms with E-state index in [1.165, 1.54) is 14.9 Å². The number of aryl methyl sites for hydroxylation is 1. The van der Waals surface area contributed by atoms with Crippen molar-refractivity contribution in [1.82, 2.24) is 14.3 Å². The minimum atomic E-state index is -0.918. The van der Waals surface area contributed by atoms with Crippen molar-refractivity contribution in [2.45, 2.75) is 39.0 Å². The van der Waals surface area contributed by atoms with Crippen molar-refractivity contribution < 1.29 is 14.7 Å². The molecule has 2 fully saturated rings. The fourth-order valence-electron chi connectivity index (χ4n) is 5.18. The molecule has 0 unspecified atom stereocenters. The van der Waals surface area contributed by atoms with Crippen LogP contribution in [-0.2, 0) is 16.0 Å². The van der Waals surface area contributed by atoms with Gasteiger partial charge in [0.1, 0.15) is 15.8 Å². The zero-order valence-corrected chi connectivity index (χ0v) is 23.3. The summed E-state index contributed by atoms with van der Waals surface area (Å²) in [6.07, 6.45) is 6.56. The third-order valence-electron chi connectivity index (χ3n) is 7.27. The van der Waals surface area contributed by atoms with E-state index in [1.54, 1.807) is 12.3 Å². The first-order chi connectivity index (χ1) is 18.8. The fraction of sp³-hybridized carbons (Fsp3) is 0.345. The van der Waals surface area contributed by atoms with E-state index in [0.29, 0.717) is 38.6 Å². The lowest BCUT2D eigenvalue weighted by molar-refractivity contribution is -0.137. The van der Waals surface area contributed by atoms with Crippen molar-refractivity contribution in [1.29, 1.82) is 0 Å². The van der Waals surface area contributed by atoms with Gasteiger partial charge in [0.25, 0.3) is 11.5 Å². The number of carboxylic acid groups (broad SMARTS) is 1. The number of aromatic nitrogens is 2. The lowest BCUT2D eigenvalue weighted by Gasteiger charge is -2.33. The molecule has 8 nitrogen and oxygen atoms in total. The molecule has 39 heavy (non-hydrogen) atoms. The van der Waals surface area contributed by atoms with Crippen molar-refractivity contribution in [2.75, 3.05) is 24.5 Å². The van der Waals surface area contributed by atoms with Gasteiger partial charge in [0.15, 0.2) is 0 Å². The van der Waals surface area contributed by atoms with Gasteiger partial charge in [-0.25, -0.2) is 4.98 Å². The molecule has 4 heterocycles. The highest BCUT2D eigenvalue weighted by atomic mass is 32.2. The molecule has 0 atom stereocenters. The van der Waals surface area contributed by atoms with Crippen LogP contribution in [0.25, 0.3) is 11.7 Å². The average molecular weight is 563 g/mol. The molecule has 0 saturated carbocycles. The minimum Gasteiger partial charge on any atom is -0.481 e. The zero-order valence-electron chi connectivity index (χ0n) is 21.7. The number of aliphatic carboxylic acids is 1. The smallest absolute Gasteiger partial charge is 0.303 e. The second-order valence-corrected chi connectivity index (χ2v) is 11.7. The Morgan fingerprint density at radius 3 is 2.62 bits per heavy atom. The monoisotopic (exact) mass is 562 g/mol.